The van der Waals surface area contributed by atoms with Crippen LogP contribution in [0, 0.1) is 13.8 Å². The zero-order valence-corrected chi connectivity index (χ0v) is 10.0. The van der Waals surface area contributed by atoms with Crippen molar-refractivity contribution in [3.8, 4) is 0 Å². The molecule has 0 aromatic carbocycles. The number of aryl methyl sites for hydroxylation is 2. The average Bonchev–Trinajstić information content (AvgIpc) is 2.51. The second-order valence-corrected chi connectivity index (χ2v) is 4.20. The zero-order chi connectivity index (χ0) is 12.4. The summed E-state index contributed by atoms with van der Waals surface area (Å²) in [7, 11) is 0. The Balaban J connectivity index is 2.17. The molecular weight excluding hydrogens is 220 g/mol. The SMILES string of the molecule is Cc1n[nH]c(C)c1C(=O)N1CCNC(=O)CC1. The van der Waals surface area contributed by atoms with E-state index in [2.05, 4.69) is 15.5 Å². The van der Waals surface area contributed by atoms with Gasteiger partial charge in [0.2, 0.25) is 5.91 Å². The maximum Gasteiger partial charge on any atom is 0.257 e. The number of nitrogens with zero attached hydrogens (tertiary/aromatic N) is 2. The van der Waals surface area contributed by atoms with Crippen molar-refractivity contribution < 1.29 is 9.59 Å². The van der Waals surface area contributed by atoms with Crippen LogP contribution in [0.25, 0.3) is 0 Å². The van der Waals surface area contributed by atoms with Gasteiger partial charge in [0.15, 0.2) is 0 Å². The molecule has 92 valence electrons. The zero-order valence-electron chi connectivity index (χ0n) is 10.0. The Morgan fingerprint density at radius 2 is 2.12 bits per heavy atom. The lowest BCUT2D eigenvalue weighted by Gasteiger charge is -2.19. The first-order valence-corrected chi connectivity index (χ1v) is 5.67. The van der Waals surface area contributed by atoms with Crippen molar-refractivity contribution in [1.82, 2.24) is 20.4 Å². The Labute approximate surface area is 99.4 Å². The Morgan fingerprint density at radius 1 is 1.35 bits per heavy atom. The molecule has 1 aromatic heterocycles. The topological polar surface area (TPSA) is 78.1 Å². The predicted octanol–water partition coefficient (Wildman–Crippen LogP) is -0.0114. The lowest BCUT2D eigenvalue weighted by atomic mass is 10.1. The van der Waals surface area contributed by atoms with Gasteiger partial charge in [-0.05, 0) is 13.8 Å². The number of carbonyl (C=O) groups excluding carboxylic acids is 2. The van der Waals surface area contributed by atoms with Gasteiger partial charge >= 0.3 is 0 Å². The van der Waals surface area contributed by atoms with Gasteiger partial charge in [0, 0.05) is 31.7 Å². The lowest BCUT2D eigenvalue weighted by Crippen LogP contribution is -2.34. The van der Waals surface area contributed by atoms with Gasteiger partial charge in [0.1, 0.15) is 0 Å². The minimum Gasteiger partial charge on any atom is -0.354 e. The number of aromatic nitrogens is 2. The standard InChI is InChI=1S/C11H16N4O2/c1-7-10(8(2)14-13-7)11(17)15-5-3-9(16)12-4-6-15/h3-6H2,1-2H3,(H,12,16)(H,13,14). The summed E-state index contributed by atoms with van der Waals surface area (Å²) < 4.78 is 0. The van der Waals surface area contributed by atoms with E-state index in [0.29, 0.717) is 37.3 Å². The molecule has 2 heterocycles. The van der Waals surface area contributed by atoms with Crippen LogP contribution in [0.5, 0.6) is 0 Å². The first-order valence-electron chi connectivity index (χ1n) is 5.67. The quantitative estimate of drug-likeness (QED) is 0.719. The molecule has 17 heavy (non-hydrogen) atoms. The molecule has 0 radical (unpaired) electrons. The molecule has 1 fully saturated rings. The molecule has 6 nitrogen and oxygen atoms in total. The maximum absolute atomic E-state index is 12.3. The summed E-state index contributed by atoms with van der Waals surface area (Å²) in [4.78, 5) is 25.2. The van der Waals surface area contributed by atoms with Crippen molar-refractivity contribution in [2.75, 3.05) is 19.6 Å². The predicted molar refractivity (Wildman–Crippen MR) is 61.6 cm³/mol. The first-order chi connectivity index (χ1) is 8.09. The number of hydrogen-bond donors (Lipinski definition) is 2. The molecule has 2 N–H and O–H groups in total. The molecule has 1 aliphatic rings. The highest BCUT2D eigenvalue weighted by molar-refractivity contribution is 5.96. The van der Waals surface area contributed by atoms with E-state index < -0.39 is 0 Å². The van der Waals surface area contributed by atoms with Gasteiger partial charge < -0.3 is 10.2 Å². The number of H-pyrrole nitrogens is 1. The van der Waals surface area contributed by atoms with Crippen molar-refractivity contribution in [3.63, 3.8) is 0 Å². The number of aromatic amines is 1. The van der Waals surface area contributed by atoms with E-state index in [0.717, 1.165) is 5.69 Å². The molecule has 1 aromatic rings. The fourth-order valence-corrected chi connectivity index (χ4v) is 1.99. The Bertz CT molecular complexity index is 433. The van der Waals surface area contributed by atoms with E-state index in [-0.39, 0.29) is 11.8 Å². The van der Waals surface area contributed by atoms with Gasteiger partial charge in [-0.1, -0.05) is 0 Å². The average molecular weight is 236 g/mol. The van der Waals surface area contributed by atoms with Crippen LogP contribution in [-0.4, -0.2) is 46.5 Å². The van der Waals surface area contributed by atoms with Gasteiger partial charge in [0.25, 0.3) is 5.91 Å². The summed E-state index contributed by atoms with van der Waals surface area (Å²) in [5.74, 6) is -0.0498. The second-order valence-electron chi connectivity index (χ2n) is 4.20. The van der Waals surface area contributed by atoms with Crippen molar-refractivity contribution >= 4 is 11.8 Å². The summed E-state index contributed by atoms with van der Waals surface area (Å²) >= 11 is 0. The van der Waals surface area contributed by atoms with Crippen molar-refractivity contribution in [1.29, 1.82) is 0 Å². The fourth-order valence-electron chi connectivity index (χ4n) is 1.99. The number of carbonyl (C=O) groups is 2. The third kappa shape index (κ3) is 2.30. The molecule has 0 bridgehead atoms. The molecule has 6 heteroatoms. The summed E-state index contributed by atoms with van der Waals surface area (Å²) in [5.41, 5.74) is 2.10. The molecule has 2 rings (SSSR count). The van der Waals surface area contributed by atoms with Gasteiger partial charge in [0.05, 0.1) is 11.3 Å². The number of hydrogen-bond acceptors (Lipinski definition) is 3. The van der Waals surface area contributed by atoms with Gasteiger partial charge in [-0.15, -0.1) is 0 Å². The second kappa shape index (κ2) is 4.57. The third-order valence-electron chi connectivity index (χ3n) is 2.94. The highest BCUT2D eigenvalue weighted by atomic mass is 16.2. The van der Waals surface area contributed by atoms with Gasteiger partial charge in [-0.2, -0.15) is 5.10 Å². The summed E-state index contributed by atoms with van der Waals surface area (Å²) in [5, 5.41) is 9.56. The Hall–Kier alpha value is -1.85. The summed E-state index contributed by atoms with van der Waals surface area (Å²) in [6.07, 6.45) is 0.363. The number of amides is 2. The van der Waals surface area contributed by atoms with E-state index in [1.165, 1.54) is 0 Å². The maximum atomic E-state index is 12.3. The van der Waals surface area contributed by atoms with E-state index in [1.54, 1.807) is 11.8 Å². The van der Waals surface area contributed by atoms with Crippen LogP contribution in [0.4, 0.5) is 0 Å². The van der Waals surface area contributed by atoms with Crippen LogP contribution in [0.1, 0.15) is 28.2 Å². The normalized spacial score (nSPS) is 16.6. The molecule has 0 saturated carbocycles. The van der Waals surface area contributed by atoms with Crippen molar-refractivity contribution in [2.45, 2.75) is 20.3 Å². The first kappa shape index (κ1) is 11.6. The van der Waals surface area contributed by atoms with Crippen LogP contribution >= 0.6 is 0 Å². The molecule has 0 aliphatic carbocycles. The largest absolute Gasteiger partial charge is 0.354 e. The molecule has 1 aliphatic heterocycles. The van der Waals surface area contributed by atoms with Crippen LogP contribution in [0.3, 0.4) is 0 Å². The number of rotatable bonds is 1. The Morgan fingerprint density at radius 3 is 2.76 bits per heavy atom. The van der Waals surface area contributed by atoms with Gasteiger partial charge in [-0.25, -0.2) is 0 Å². The smallest absolute Gasteiger partial charge is 0.257 e. The van der Waals surface area contributed by atoms with Crippen molar-refractivity contribution in [2.24, 2.45) is 0 Å². The highest BCUT2D eigenvalue weighted by Crippen LogP contribution is 2.13. The molecule has 0 atom stereocenters. The van der Waals surface area contributed by atoms with Crippen LogP contribution < -0.4 is 5.32 Å². The third-order valence-corrected chi connectivity index (χ3v) is 2.94. The minimum absolute atomic E-state index is 0.000868. The van der Waals surface area contributed by atoms with Crippen LogP contribution in [-0.2, 0) is 4.79 Å². The highest BCUT2D eigenvalue weighted by Gasteiger charge is 2.23. The molecule has 1 saturated heterocycles. The van der Waals surface area contributed by atoms with Crippen molar-refractivity contribution in [3.05, 3.63) is 17.0 Å². The molecular formula is C11H16N4O2. The monoisotopic (exact) mass is 236 g/mol. The van der Waals surface area contributed by atoms with Crippen LogP contribution in [0.15, 0.2) is 0 Å². The molecule has 2 amide bonds. The summed E-state index contributed by atoms with van der Waals surface area (Å²) in [6, 6.07) is 0. The lowest BCUT2D eigenvalue weighted by molar-refractivity contribution is -0.120. The molecule has 0 unspecified atom stereocenters. The Kier molecular flexibility index (Phi) is 3.12. The fraction of sp³-hybridized carbons (Fsp3) is 0.545. The van der Waals surface area contributed by atoms with E-state index in [4.69, 9.17) is 0 Å². The van der Waals surface area contributed by atoms with E-state index in [9.17, 15) is 9.59 Å². The van der Waals surface area contributed by atoms with Gasteiger partial charge in [-0.3, -0.25) is 14.7 Å². The van der Waals surface area contributed by atoms with Crippen LogP contribution in [0.2, 0.25) is 0 Å². The summed E-state index contributed by atoms with van der Waals surface area (Å²) in [6.45, 7) is 5.16. The van der Waals surface area contributed by atoms with E-state index in [1.807, 2.05) is 6.92 Å². The minimum atomic E-state index is -0.0507. The van der Waals surface area contributed by atoms with E-state index >= 15 is 0 Å². The molecule has 0 spiro atoms. The number of nitrogens with one attached hydrogen (secondary N) is 2.